The molecule has 2 heterocycles. The quantitative estimate of drug-likeness (QED) is 0.746. The van der Waals surface area contributed by atoms with E-state index in [1.807, 2.05) is 0 Å². The lowest BCUT2D eigenvalue weighted by molar-refractivity contribution is 0.170. The Balaban J connectivity index is 1.50. The van der Waals surface area contributed by atoms with Gasteiger partial charge in [-0.2, -0.15) is 0 Å². The van der Waals surface area contributed by atoms with Crippen molar-refractivity contribution in [1.82, 2.24) is 15.1 Å². The molecular formula is C15H31N3. The molecule has 0 radical (unpaired) electrons. The van der Waals surface area contributed by atoms with Crippen LogP contribution in [0.2, 0.25) is 0 Å². The van der Waals surface area contributed by atoms with E-state index in [1.165, 1.54) is 84.3 Å². The van der Waals surface area contributed by atoms with Crippen molar-refractivity contribution in [2.24, 2.45) is 5.92 Å². The first-order valence-corrected chi connectivity index (χ1v) is 7.98. The van der Waals surface area contributed by atoms with E-state index in [1.54, 1.807) is 0 Å². The Morgan fingerprint density at radius 2 is 1.56 bits per heavy atom. The lowest BCUT2D eigenvalue weighted by atomic mass is 9.93. The molecule has 0 bridgehead atoms. The minimum Gasteiger partial charge on any atom is -0.320 e. The van der Waals surface area contributed by atoms with Gasteiger partial charge >= 0.3 is 0 Å². The molecule has 2 fully saturated rings. The molecule has 2 aliphatic heterocycles. The third kappa shape index (κ3) is 4.87. The number of hydrogen-bond acceptors (Lipinski definition) is 3. The number of likely N-dealkylation sites (tertiary alicyclic amines) is 2. The van der Waals surface area contributed by atoms with Crippen molar-refractivity contribution >= 4 is 0 Å². The summed E-state index contributed by atoms with van der Waals surface area (Å²) in [4.78, 5) is 5.33. The topological polar surface area (TPSA) is 18.5 Å². The molecule has 0 aromatic heterocycles. The van der Waals surface area contributed by atoms with Crippen LogP contribution in [0.5, 0.6) is 0 Å². The van der Waals surface area contributed by atoms with Gasteiger partial charge in [-0.25, -0.2) is 0 Å². The van der Waals surface area contributed by atoms with E-state index in [4.69, 9.17) is 0 Å². The summed E-state index contributed by atoms with van der Waals surface area (Å²) in [6.07, 6.45) is 8.45. The Morgan fingerprint density at radius 3 is 2.17 bits per heavy atom. The summed E-state index contributed by atoms with van der Waals surface area (Å²) in [5.74, 6) is 0.979. The van der Waals surface area contributed by atoms with Crippen LogP contribution in [0.3, 0.4) is 0 Å². The standard InChI is InChI=1S/C15H31N3/c1-16-8-5-15-6-13-18(14-7-15)12-4-11-17-9-2-3-10-17/h15-16H,2-14H2,1H3. The van der Waals surface area contributed by atoms with Crippen molar-refractivity contribution < 1.29 is 0 Å². The van der Waals surface area contributed by atoms with E-state index >= 15 is 0 Å². The molecule has 3 heteroatoms. The van der Waals surface area contributed by atoms with Gasteiger partial charge in [0.2, 0.25) is 0 Å². The number of piperidine rings is 1. The minimum atomic E-state index is 0.979. The number of rotatable bonds is 7. The van der Waals surface area contributed by atoms with Crippen LogP contribution in [-0.2, 0) is 0 Å². The second-order valence-electron chi connectivity index (χ2n) is 6.08. The molecule has 0 atom stereocenters. The Bertz CT molecular complexity index is 206. The van der Waals surface area contributed by atoms with Crippen LogP contribution in [0.4, 0.5) is 0 Å². The molecule has 0 aliphatic carbocycles. The molecule has 2 rings (SSSR count). The zero-order valence-electron chi connectivity index (χ0n) is 12.2. The maximum Gasteiger partial charge on any atom is -0.000654 e. The first-order valence-electron chi connectivity index (χ1n) is 7.98. The molecule has 2 aliphatic rings. The van der Waals surface area contributed by atoms with Gasteiger partial charge in [-0.15, -0.1) is 0 Å². The van der Waals surface area contributed by atoms with Crippen molar-refractivity contribution in [3.63, 3.8) is 0 Å². The predicted molar refractivity (Wildman–Crippen MR) is 78.0 cm³/mol. The summed E-state index contributed by atoms with van der Waals surface area (Å²) in [7, 11) is 2.06. The van der Waals surface area contributed by atoms with Crippen LogP contribution < -0.4 is 5.32 Å². The Morgan fingerprint density at radius 1 is 0.944 bits per heavy atom. The van der Waals surface area contributed by atoms with E-state index in [0.29, 0.717) is 0 Å². The van der Waals surface area contributed by atoms with Gasteiger partial charge < -0.3 is 15.1 Å². The van der Waals surface area contributed by atoms with Gasteiger partial charge in [-0.3, -0.25) is 0 Å². The van der Waals surface area contributed by atoms with Crippen LogP contribution >= 0.6 is 0 Å². The van der Waals surface area contributed by atoms with Crippen molar-refractivity contribution in [1.29, 1.82) is 0 Å². The van der Waals surface area contributed by atoms with Gasteiger partial charge in [0.15, 0.2) is 0 Å². The summed E-state index contributed by atoms with van der Waals surface area (Å²) in [6.45, 7) is 9.25. The fourth-order valence-electron chi connectivity index (χ4n) is 3.37. The van der Waals surface area contributed by atoms with Crippen LogP contribution in [0, 0.1) is 5.92 Å². The summed E-state index contributed by atoms with van der Waals surface area (Å²) in [5, 5.41) is 3.27. The maximum atomic E-state index is 3.27. The largest absolute Gasteiger partial charge is 0.320 e. The van der Waals surface area contributed by atoms with Gasteiger partial charge in [-0.1, -0.05) is 0 Å². The number of nitrogens with one attached hydrogen (secondary N) is 1. The Labute approximate surface area is 113 Å². The summed E-state index contributed by atoms with van der Waals surface area (Å²) >= 11 is 0. The smallest absolute Gasteiger partial charge is 0.000654 e. The average Bonchev–Trinajstić information content (AvgIpc) is 2.91. The van der Waals surface area contributed by atoms with Gasteiger partial charge in [0.1, 0.15) is 0 Å². The number of hydrogen-bond donors (Lipinski definition) is 1. The van der Waals surface area contributed by atoms with Crippen molar-refractivity contribution in [2.75, 3.05) is 52.9 Å². The molecule has 0 aromatic carbocycles. The highest BCUT2D eigenvalue weighted by Gasteiger charge is 2.18. The van der Waals surface area contributed by atoms with Crippen LogP contribution in [0.15, 0.2) is 0 Å². The monoisotopic (exact) mass is 253 g/mol. The normalized spacial score (nSPS) is 23.8. The minimum absolute atomic E-state index is 0.979. The fraction of sp³-hybridized carbons (Fsp3) is 1.00. The van der Waals surface area contributed by atoms with Crippen molar-refractivity contribution in [2.45, 2.75) is 38.5 Å². The molecule has 0 aromatic rings. The highest BCUT2D eigenvalue weighted by Crippen LogP contribution is 2.20. The zero-order valence-corrected chi connectivity index (χ0v) is 12.2. The lowest BCUT2D eigenvalue weighted by Gasteiger charge is -2.32. The van der Waals surface area contributed by atoms with Gasteiger partial charge in [0.05, 0.1) is 0 Å². The van der Waals surface area contributed by atoms with E-state index in [0.717, 1.165) is 5.92 Å². The molecule has 0 spiro atoms. The Hall–Kier alpha value is -0.120. The van der Waals surface area contributed by atoms with Crippen LogP contribution in [0.1, 0.15) is 38.5 Å². The molecular weight excluding hydrogens is 222 g/mol. The summed E-state index contributed by atoms with van der Waals surface area (Å²) in [6, 6.07) is 0. The van der Waals surface area contributed by atoms with Gasteiger partial charge in [0.25, 0.3) is 0 Å². The first-order chi connectivity index (χ1) is 8.88. The van der Waals surface area contributed by atoms with Gasteiger partial charge in [-0.05, 0) is 97.3 Å². The van der Waals surface area contributed by atoms with E-state index < -0.39 is 0 Å². The zero-order chi connectivity index (χ0) is 12.6. The highest BCUT2D eigenvalue weighted by molar-refractivity contribution is 4.74. The summed E-state index contributed by atoms with van der Waals surface area (Å²) in [5.41, 5.74) is 0. The third-order valence-electron chi connectivity index (χ3n) is 4.66. The molecule has 0 saturated carbocycles. The second kappa shape index (κ2) is 8.13. The SMILES string of the molecule is CNCCC1CCN(CCCN2CCCC2)CC1. The fourth-order valence-corrected chi connectivity index (χ4v) is 3.37. The Kier molecular flexibility index (Phi) is 6.46. The lowest BCUT2D eigenvalue weighted by Crippen LogP contribution is -2.36. The molecule has 3 nitrogen and oxygen atoms in total. The second-order valence-corrected chi connectivity index (χ2v) is 6.08. The maximum absolute atomic E-state index is 3.27. The van der Waals surface area contributed by atoms with Crippen LogP contribution in [-0.4, -0.2) is 62.7 Å². The molecule has 0 amide bonds. The average molecular weight is 253 g/mol. The van der Waals surface area contributed by atoms with Crippen molar-refractivity contribution in [3.05, 3.63) is 0 Å². The third-order valence-corrected chi connectivity index (χ3v) is 4.66. The van der Waals surface area contributed by atoms with Crippen molar-refractivity contribution in [3.8, 4) is 0 Å². The van der Waals surface area contributed by atoms with Gasteiger partial charge in [0, 0.05) is 0 Å². The molecule has 0 unspecified atom stereocenters. The van der Waals surface area contributed by atoms with Crippen LogP contribution in [0.25, 0.3) is 0 Å². The van der Waals surface area contributed by atoms with E-state index in [-0.39, 0.29) is 0 Å². The number of nitrogens with zero attached hydrogens (tertiary/aromatic N) is 2. The summed E-state index contributed by atoms with van der Waals surface area (Å²) < 4.78 is 0. The highest BCUT2D eigenvalue weighted by atomic mass is 15.2. The van der Waals surface area contributed by atoms with E-state index in [9.17, 15) is 0 Å². The molecule has 106 valence electrons. The molecule has 18 heavy (non-hydrogen) atoms. The molecule has 1 N–H and O–H groups in total. The molecule has 2 saturated heterocycles. The predicted octanol–water partition coefficient (Wildman–Crippen LogP) is 1.79. The first kappa shape index (κ1) is 14.3. The van der Waals surface area contributed by atoms with E-state index in [2.05, 4.69) is 22.2 Å².